The smallest absolute Gasteiger partial charge is 0.338 e. The minimum absolute atomic E-state index is 0.0321. The Morgan fingerprint density at radius 2 is 1.77 bits per heavy atom. The number of hydrogen-bond donors (Lipinski definition) is 0. The molecule has 0 unspecified atom stereocenters. The molecule has 0 amide bonds. The number of esters is 1. The van der Waals surface area contributed by atoms with E-state index in [0.29, 0.717) is 5.56 Å². The number of nitro benzene ring substituents is 1. The molecule has 0 bridgehead atoms. The van der Waals surface area contributed by atoms with Crippen LogP contribution in [0, 0.1) is 10.1 Å². The summed E-state index contributed by atoms with van der Waals surface area (Å²) in [5, 5.41) is 10.8. The highest BCUT2D eigenvalue weighted by atomic mass is 16.6. The van der Waals surface area contributed by atoms with E-state index in [4.69, 9.17) is 0 Å². The van der Waals surface area contributed by atoms with Crippen LogP contribution in [0.25, 0.3) is 0 Å². The molecule has 2 rings (SSSR count). The molecule has 0 aliphatic heterocycles. The summed E-state index contributed by atoms with van der Waals surface area (Å²) in [6.45, 7) is 0. The molecule has 6 heteroatoms. The van der Waals surface area contributed by atoms with Crippen molar-refractivity contribution in [2.24, 2.45) is 0 Å². The van der Waals surface area contributed by atoms with E-state index in [-0.39, 0.29) is 29.0 Å². The van der Waals surface area contributed by atoms with Crippen LogP contribution in [0.15, 0.2) is 48.5 Å². The predicted octanol–water partition coefficient (Wildman–Crippen LogP) is 2.81. The van der Waals surface area contributed by atoms with Gasteiger partial charge in [-0.25, -0.2) is 4.79 Å². The summed E-state index contributed by atoms with van der Waals surface area (Å²) in [4.78, 5) is 34.3. The number of Topliss-reactive ketones (excluding diaryl/α,β-unsaturated/α-hetero) is 1. The Morgan fingerprint density at radius 3 is 2.41 bits per heavy atom. The summed E-state index contributed by atoms with van der Waals surface area (Å²) >= 11 is 0. The van der Waals surface area contributed by atoms with Crippen LogP contribution in [0.4, 0.5) is 5.69 Å². The average molecular weight is 299 g/mol. The van der Waals surface area contributed by atoms with E-state index in [1.165, 1.54) is 37.4 Å². The third-order valence-electron chi connectivity index (χ3n) is 3.12. The first-order valence-corrected chi connectivity index (χ1v) is 6.47. The summed E-state index contributed by atoms with van der Waals surface area (Å²) in [6.07, 6.45) is -0.0321. The monoisotopic (exact) mass is 299 g/mol. The Hall–Kier alpha value is -3.02. The van der Waals surface area contributed by atoms with Gasteiger partial charge in [0.2, 0.25) is 0 Å². The predicted molar refractivity (Wildman–Crippen MR) is 78.9 cm³/mol. The van der Waals surface area contributed by atoms with Gasteiger partial charge >= 0.3 is 5.97 Å². The zero-order valence-electron chi connectivity index (χ0n) is 11.8. The lowest BCUT2D eigenvalue weighted by Crippen LogP contribution is -2.12. The second kappa shape index (κ2) is 6.62. The lowest BCUT2D eigenvalue weighted by molar-refractivity contribution is -0.384. The Morgan fingerprint density at radius 1 is 1.09 bits per heavy atom. The van der Waals surface area contributed by atoms with E-state index in [0.717, 1.165) is 0 Å². The molecular formula is C16H13NO5. The number of carbonyl (C=O) groups excluding carboxylic acids is 2. The van der Waals surface area contributed by atoms with Gasteiger partial charge in [0.25, 0.3) is 5.69 Å². The zero-order chi connectivity index (χ0) is 16.1. The number of benzene rings is 2. The highest BCUT2D eigenvalue weighted by Crippen LogP contribution is 2.17. The molecule has 0 aliphatic rings. The molecule has 0 N–H and O–H groups in total. The lowest BCUT2D eigenvalue weighted by atomic mass is 9.98. The number of nitro groups is 1. The Bertz CT molecular complexity index is 739. The van der Waals surface area contributed by atoms with Crippen molar-refractivity contribution >= 4 is 17.4 Å². The maximum absolute atomic E-state index is 12.4. The lowest BCUT2D eigenvalue weighted by Gasteiger charge is -2.07. The van der Waals surface area contributed by atoms with Crippen LogP contribution in [0.5, 0.6) is 0 Å². The van der Waals surface area contributed by atoms with Gasteiger partial charge < -0.3 is 4.74 Å². The Balaban J connectivity index is 2.28. The van der Waals surface area contributed by atoms with Crippen LogP contribution in [0.2, 0.25) is 0 Å². The van der Waals surface area contributed by atoms with E-state index >= 15 is 0 Å². The molecular weight excluding hydrogens is 286 g/mol. The molecule has 0 saturated heterocycles. The first-order valence-electron chi connectivity index (χ1n) is 6.47. The second-order valence-electron chi connectivity index (χ2n) is 4.56. The quantitative estimate of drug-likeness (QED) is 0.367. The molecule has 0 atom stereocenters. The molecule has 0 aromatic heterocycles. The van der Waals surface area contributed by atoms with E-state index in [1.807, 2.05) is 0 Å². The van der Waals surface area contributed by atoms with Gasteiger partial charge in [-0.3, -0.25) is 14.9 Å². The standard InChI is InChI=1S/C16H13NO5/c1-22-16(19)14-8-3-2-7-13(14)15(18)10-11-5-4-6-12(9-11)17(20)21/h2-9H,10H2,1H3. The highest BCUT2D eigenvalue weighted by Gasteiger charge is 2.18. The van der Waals surface area contributed by atoms with Gasteiger partial charge in [-0.15, -0.1) is 0 Å². The van der Waals surface area contributed by atoms with Crippen molar-refractivity contribution in [3.8, 4) is 0 Å². The minimum Gasteiger partial charge on any atom is -0.465 e. The number of ketones is 1. The number of non-ortho nitro benzene ring substituents is 1. The van der Waals surface area contributed by atoms with E-state index in [9.17, 15) is 19.7 Å². The van der Waals surface area contributed by atoms with Crippen molar-refractivity contribution in [3.63, 3.8) is 0 Å². The molecule has 0 fully saturated rings. The van der Waals surface area contributed by atoms with Crippen molar-refractivity contribution in [3.05, 3.63) is 75.3 Å². The van der Waals surface area contributed by atoms with Crippen LogP contribution in [-0.2, 0) is 11.2 Å². The molecule has 2 aromatic carbocycles. The number of hydrogen-bond acceptors (Lipinski definition) is 5. The van der Waals surface area contributed by atoms with Gasteiger partial charge in [0, 0.05) is 24.1 Å². The maximum Gasteiger partial charge on any atom is 0.338 e. The number of ether oxygens (including phenoxy) is 1. The van der Waals surface area contributed by atoms with Gasteiger partial charge in [0.15, 0.2) is 5.78 Å². The maximum atomic E-state index is 12.4. The zero-order valence-corrected chi connectivity index (χ0v) is 11.8. The normalized spacial score (nSPS) is 10.0. The summed E-state index contributed by atoms with van der Waals surface area (Å²) in [6, 6.07) is 12.2. The second-order valence-corrected chi connectivity index (χ2v) is 4.56. The van der Waals surface area contributed by atoms with Crippen LogP contribution in [-0.4, -0.2) is 23.8 Å². The molecule has 112 valence electrons. The summed E-state index contributed by atoms with van der Waals surface area (Å²) in [5.74, 6) is -0.899. The first-order chi connectivity index (χ1) is 10.5. The molecule has 0 heterocycles. The number of rotatable bonds is 5. The summed E-state index contributed by atoms with van der Waals surface area (Å²) in [5.41, 5.74) is 0.853. The molecule has 22 heavy (non-hydrogen) atoms. The molecule has 0 spiro atoms. The molecule has 0 radical (unpaired) electrons. The average Bonchev–Trinajstić information content (AvgIpc) is 2.54. The van der Waals surface area contributed by atoms with Crippen LogP contribution >= 0.6 is 0 Å². The fraction of sp³-hybridized carbons (Fsp3) is 0.125. The number of nitrogens with zero attached hydrogens (tertiary/aromatic N) is 1. The topological polar surface area (TPSA) is 86.5 Å². The van der Waals surface area contributed by atoms with E-state index < -0.39 is 10.9 Å². The molecule has 2 aromatic rings. The largest absolute Gasteiger partial charge is 0.465 e. The van der Waals surface area contributed by atoms with E-state index in [1.54, 1.807) is 18.2 Å². The van der Waals surface area contributed by atoms with Crippen molar-refractivity contribution in [2.45, 2.75) is 6.42 Å². The van der Waals surface area contributed by atoms with Gasteiger partial charge in [0.05, 0.1) is 17.6 Å². The number of carbonyl (C=O) groups is 2. The van der Waals surface area contributed by atoms with Crippen molar-refractivity contribution in [2.75, 3.05) is 7.11 Å². The highest BCUT2D eigenvalue weighted by molar-refractivity contribution is 6.07. The fourth-order valence-corrected chi connectivity index (χ4v) is 2.07. The van der Waals surface area contributed by atoms with Crippen molar-refractivity contribution in [1.29, 1.82) is 0 Å². The molecule has 6 nitrogen and oxygen atoms in total. The Labute approximate surface area is 126 Å². The molecule has 0 aliphatic carbocycles. The number of methoxy groups -OCH3 is 1. The third-order valence-corrected chi connectivity index (χ3v) is 3.12. The minimum atomic E-state index is -0.594. The van der Waals surface area contributed by atoms with Crippen molar-refractivity contribution < 1.29 is 19.2 Å². The first kappa shape index (κ1) is 15.4. The molecule has 0 saturated carbocycles. The SMILES string of the molecule is COC(=O)c1ccccc1C(=O)Cc1cccc([N+](=O)[O-])c1. The van der Waals surface area contributed by atoms with E-state index in [2.05, 4.69) is 4.74 Å². The fourth-order valence-electron chi connectivity index (χ4n) is 2.07. The third kappa shape index (κ3) is 3.35. The van der Waals surface area contributed by atoms with Gasteiger partial charge in [0.1, 0.15) is 0 Å². The van der Waals surface area contributed by atoms with Crippen LogP contribution in [0.3, 0.4) is 0 Å². The van der Waals surface area contributed by atoms with Gasteiger partial charge in [-0.1, -0.05) is 30.3 Å². The Kier molecular flexibility index (Phi) is 4.63. The van der Waals surface area contributed by atoms with Crippen LogP contribution < -0.4 is 0 Å². The summed E-state index contributed by atoms with van der Waals surface area (Å²) in [7, 11) is 1.24. The van der Waals surface area contributed by atoms with Gasteiger partial charge in [-0.05, 0) is 11.6 Å². The van der Waals surface area contributed by atoms with Gasteiger partial charge in [-0.2, -0.15) is 0 Å². The summed E-state index contributed by atoms with van der Waals surface area (Å²) < 4.78 is 4.65. The van der Waals surface area contributed by atoms with Crippen LogP contribution in [0.1, 0.15) is 26.3 Å². The van der Waals surface area contributed by atoms with Crippen molar-refractivity contribution in [1.82, 2.24) is 0 Å².